The molecule has 1 atom stereocenters. The zero-order chi connectivity index (χ0) is 24.4. The average Bonchev–Trinajstić information content (AvgIpc) is 3.29. The van der Waals surface area contributed by atoms with Crippen LogP contribution in [-0.2, 0) is 6.61 Å². The molecule has 0 amide bonds. The minimum absolute atomic E-state index is 0.208. The number of aromatic amines is 1. The number of fused-ring (bicyclic) bond motifs is 1. The SMILES string of the molecule is Cc1cscc1-c1ccnc(N[C@@H](C)c2cc3cc(Cl)c(OCc4ccccn4)cc3[nH]c2=O)n1. The Morgan fingerprint density at radius 2 is 2.03 bits per heavy atom. The number of rotatable bonds is 7. The molecule has 5 aromatic rings. The second-order valence-electron chi connectivity index (χ2n) is 8.13. The predicted octanol–water partition coefficient (Wildman–Crippen LogP) is 6.16. The van der Waals surface area contributed by atoms with Crippen LogP contribution >= 0.6 is 22.9 Å². The fourth-order valence-electron chi connectivity index (χ4n) is 3.76. The molecule has 0 unspecified atom stereocenters. The molecule has 4 heterocycles. The normalized spacial score (nSPS) is 12.0. The molecular formula is C26H22ClN5O2S. The summed E-state index contributed by atoms with van der Waals surface area (Å²) in [6, 6.07) is 12.5. The number of anilines is 1. The standard InChI is InChI=1S/C26H22ClN5O2S/c1-15-13-35-14-20(15)22-6-8-29-26(32-22)30-16(2)19-9-17-10-21(27)24(11-23(17)31-25(19)33)34-12-18-5-3-4-7-28-18/h3-11,13-14,16H,12H2,1-2H3,(H,31,33)(H,29,30,32)/t16-/m0/s1. The monoisotopic (exact) mass is 503 g/mol. The van der Waals surface area contributed by atoms with Crippen molar-refractivity contribution >= 4 is 39.8 Å². The minimum atomic E-state index is -0.333. The molecule has 0 aliphatic carbocycles. The van der Waals surface area contributed by atoms with Crippen LogP contribution in [0.4, 0.5) is 5.95 Å². The van der Waals surface area contributed by atoms with Gasteiger partial charge in [-0.15, -0.1) is 0 Å². The second kappa shape index (κ2) is 9.85. The van der Waals surface area contributed by atoms with Gasteiger partial charge in [-0.1, -0.05) is 17.7 Å². The number of hydrogen-bond acceptors (Lipinski definition) is 7. The van der Waals surface area contributed by atoms with Gasteiger partial charge in [-0.3, -0.25) is 9.78 Å². The smallest absolute Gasteiger partial charge is 0.253 e. The third kappa shape index (κ3) is 5.03. The summed E-state index contributed by atoms with van der Waals surface area (Å²) >= 11 is 8.11. The van der Waals surface area contributed by atoms with E-state index in [0.717, 1.165) is 22.3 Å². The molecule has 0 bridgehead atoms. The fraction of sp³-hybridized carbons (Fsp3) is 0.154. The Balaban J connectivity index is 1.38. The Labute approximate surface area is 210 Å². The number of aromatic nitrogens is 4. The molecule has 0 fully saturated rings. The van der Waals surface area contributed by atoms with Gasteiger partial charge in [-0.2, -0.15) is 11.3 Å². The quantitative estimate of drug-likeness (QED) is 0.276. The van der Waals surface area contributed by atoms with E-state index in [1.807, 2.05) is 37.3 Å². The molecule has 2 N–H and O–H groups in total. The number of thiophene rings is 1. The lowest BCUT2D eigenvalue weighted by Crippen LogP contribution is -2.20. The van der Waals surface area contributed by atoms with Gasteiger partial charge in [0, 0.05) is 40.4 Å². The molecule has 9 heteroatoms. The number of nitrogens with one attached hydrogen (secondary N) is 2. The van der Waals surface area contributed by atoms with Crippen molar-refractivity contribution in [2.75, 3.05) is 5.32 Å². The first-order valence-electron chi connectivity index (χ1n) is 11.0. The molecule has 1 aromatic carbocycles. The minimum Gasteiger partial charge on any atom is -0.486 e. The molecule has 5 rings (SSSR count). The summed E-state index contributed by atoms with van der Waals surface area (Å²) in [5.41, 5.74) is 4.85. The van der Waals surface area contributed by atoms with E-state index >= 15 is 0 Å². The number of nitrogens with zero attached hydrogens (tertiary/aromatic N) is 3. The van der Waals surface area contributed by atoms with Crippen molar-refractivity contribution in [1.82, 2.24) is 19.9 Å². The largest absolute Gasteiger partial charge is 0.486 e. The number of ether oxygens (including phenoxy) is 1. The van der Waals surface area contributed by atoms with Gasteiger partial charge in [0.25, 0.3) is 5.56 Å². The lowest BCUT2D eigenvalue weighted by molar-refractivity contribution is 0.302. The third-order valence-corrected chi connectivity index (χ3v) is 6.78. The molecule has 0 saturated carbocycles. The van der Waals surface area contributed by atoms with Gasteiger partial charge in [-0.05, 0) is 55.1 Å². The van der Waals surface area contributed by atoms with Crippen molar-refractivity contribution in [3.63, 3.8) is 0 Å². The van der Waals surface area contributed by atoms with Crippen LogP contribution in [0, 0.1) is 6.92 Å². The van der Waals surface area contributed by atoms with Crippen LogP contribution in [0.5, 0.6) is 5.75 Å². The molecule has 176 valence electrons. The summed E-state index contributed by atoms with van der Waals surface area (Å²) in [6.45, 7) is 4.23. The van der Waals surface area contributed by atoms with E-state index in [2.05, 4.69) is 42.9 Å². The van der Waals surface area contributed by atoms with Gasteiger partial charge in [0.2, 0.25) is 5.95 Å². The highest BCUT2D eigenvalue weighted by Gasteiger charge is 2.15. The predicted molar refractivity (Wildman–Crippen MR) is 140 cm³/mol. The highest BCUT2D eigenvalue weighted by Crippen LogP contribution is 2.31. The summed E-state index contributed by atoms with van der Waals surface area (Å²) in [5, 5.41) is 8.65. The van der Waals surface area contributed by atoms with Crippen molar-refractivity contribution < 1.29 is 4.74 Å². The third-order valence-electron chi connectivity index (χ3n) is 5.63. The van der Waals surface area contributed by atoms with Crippen molar-refractivity contribution in [3.05, 3.63) is 97.8 Å². The topological polar surface area (TPSA) is 92.8 Å². The van der Waals surface area contributed by atoms with E-state index in [1.165, 1.54) is 5.56 Å². The zero-order valence-electron chi connectivity index (χ0n) is 19.1. The number of benzene rings is 1. The molecule has 7 nitrogen and oxygen atoms in total. The average molecular weight is 504 g/mol. The lowest BCUT2D eigenvalue weighted by atomic mass is 10.1. The first-order valence-corrected chi connectivity index (χ1v) is 12.3. The van der Waals surface area contributed by atoms with Crippen molar-refractivity contribution in [2.24, 2.45) is 0 Å². The Hall–Kier alpha value is -3.75. The summed E-state index contributed by atoms with van der Waals surface area (Å²) in [6.07, 6.45) is 3.42. The van der Waals surface area contributed by atoms with Gasteiger partial charge in [0.05, 0.1) is 28.0 Å². The molecule has 35 heavy (non-hydrogen) atoms. The van der Waals surface area contributed by atoms with E-state index in [4.69, 9.17) is 16.3 Å². The Bertz CT molecular complexity index is 1550. The van der Waals surface area contributed by atoms with Crippen molar-refractivity contribution in [1.29, 1.82) is 0 Å². The lowest BCUT2D eigenvalue weighted by Gasteiger charge is -2.15. The summed E-state index contributed by atoms with van der Waals surface area (Å²) < 4.78 is 5.83. The van der Waals surface area contributed by atoms with Gasteiger partial charge >= 0.3 is 0 Å². The van der Waals surface area contributed by atoms with Crippen LogP contribution in [0.15, 0.2) is 70.4 Å². The molecule has 0 spiro atoms. The van der Waals surface area contributed by atoms with Crippen LogP contribution in [0.1, 0.15) is 29.8 Å². The fourth-order valence-corrected chi connectivity index (χ4v) is 4.83. The first kappa shape index (κ1) is 23.0. The Kier molecular flexibility index (Phi) is 6.48. The second-order valence-corrected chi connectivity index (χ2v) is 9.28. The zero-order valence-corrected chi connectivity index (χ0v) is 20.7. The summed E-state index contributed by atoms with van der Waals surface area (Å²) in [7, 11) is 0. The van der Waals surface area contributed by atoms with E-state index in [9.17, 15) is 4.79 Å². The van der Waals surface area contributed by atoms with Crippen LogP contribution in [-0.4, -0.2) is 19.9 Å². The van der Waals surface area contributed by atoms with Crippen LogP contribution < -0.4 is 15.6 Å². The molecule has 0 radical (unpaired) electrons. The molecule has 0 aliphatic rings. The van der Waals surface area contributed by atoms with E-state index in [0.29, 0.717) is 27.8 Å². The first-order chi connectivity index (χ1) is 17.0. The number of H-pyrrole nitrogens is 1. The summed E-state index contributed by atoms with van der Waals surface area (Å²) in [5.74, 6) is 0.935. The highest BCUT2D eigenvalue weighted by molar-refractivity contribution is 7.08. The maximum atomic E-state index is 12.9. The van der Waals surface area contributed by atoms with Crippen molar-refractivity contribution in [3.8, 4) is 17.0 Å². The van der Waals surface area contributed by atoms with Crippen LogP contribution in [0.3, 0.4) is 0 Å². The van der Waals surface area contributed by atoms with Crippen molar-refractivity contribution in [2.45, 2.75) is 26.5 Å². The molecule has 4 aromatic heterocycles. The summed E-state index contributed by atoms with van der Waals surface area (Å²) in [4.78, 5) is 29.1. The van der Waals surface area contributed by atoms with Gasteiger partial charge in [-0.25, -0.2) is 9.97 Å². The molecular weight excluding hydrogens is 482 g/mol. The Morgan fingerprint density at radius 3 is 2.80 bits per heavy atom. The number of pyridine rings is 2. The van der Waals surface area contributed by atoms with Crippen LogP contribution in [0.2, 0.25) is 5.02 Å². The number of halogens is 1. The molecule has 0 aliphatic heterocycles. The van der Waals surface area contributed by atoms with E-state index in [1.54, 1.807) is 35.9 Å². The Morgan fingerprint density at radius 1 is 1.14 bits per heavy atom. The van der Waals surface area contributed by atoms with Gasteiger partial charge < -0.3 is 15.0 Å². The van der Waals surface area contributed by atoms with Gasteiger partial charge in [0.15, 0.2) is 0 Å². The highest BCUT2D eigenvalue weighted by atomic mass is 35.5. The van der Waals surface area contributed by atoms with Gasteiger partial charge in [0.1, 0.15) is 12.4 Å². The number of aryl methyl sites for hydroxylation is 1. The van der Waals surface area contributed by atoms with E-state index < -0.39 is 0 Å². The number of hydrogen-bond donors (Lipinski definition) is 2. The van der Waals surface area contributed by atoms with E-state index in [-0.39, 0.29) is 18.2 Å². The molecule has 0 saturated heterocycles. The van der Waals surface area contributed by atoms with Crippen LogP contribution in [0.25, 0.3) is 22.2 Å². The maximum absolute atomic E-state index is 12.9. The maximum Gasteiger partial charge on any atom is 0.253 e.